The molecule has 0 spiro atoms. The third kappa shape index (κ3) is 5.61. The van der Waals surface area contributed by atoms with Gasteiger partial charge in [0.05, 0.1) is 0 Å². The van der Waals surface area contributed by atoms with Gasteiger partial charge in [-0.15, -0.1) is 0 Å². The molecule has 2 aromatic carbocycles. The predicted octanol–water partition coefficient (Wildman–Crippen LogP) is 4.81. The number of carbonyl (C=O) groups is 1. The number of aromatic nitrogens is 2. The van der Waals surface area contributed by atoms with Crippen molar-refractivity contribution >= 4 is 29.2 Å². The van der Waals surface area contributed by atoms with Gasteiger partial charge in [-0.25, -0.2) is 9.97 Å². The molecule has 0 radical (unpaired) electrons. The molecule has 2 fully saturated rings. The Labute approximate surface area is 212 Å². The number of carbonyl (C=O) groups excluding carboxylic acids is 1. The number of benzene rings is 2. The highest BCUT2D eigenvalue weighted by molar-refractivity contribution is 7.99. The van der Waals surface area contributed by atoms with E-state index in [-0.39, 0.29) is 5.92 Å². The van der Waals surface area contributed by atoms with Crippen molar-refractivity contribution in [2.24, 2.45) is 5.92 Å². The molecule has 0 saturated carbocycles. The molecule has 3 aromatic rings. The number of anilines is 2. The second kappa shape index (κ2) is 10.7. The number of rotatable bonds is 5. The highest BCUT2D eigenvalue weighted by atomic mass is 32.2. The molecule has 3 heterocycles. The van der Waals surface area contributed by atoms with Crippen LogP contribution in [0.25, 0.3) is 0 Å². The first kappa shape index (κ1) is 23.7. The molecule has 0 atom stereocenters. The Morgan fingerprint density at radius 3 is 2.26 bits per heavy atom. The normalized spacial score (nSPS) is 17.0. The molecule has 0 N–H and O–H groups in total. The topological polar surface area (TPSA) is 52.6 Å². The number of nitrogens with zero attached hydrogens (tertiary/aromatic N) is 5. The fraction of sp³-hybridized carbons (Fsp3) is 0.393. The molecule has 7 heteroatoms. The molecule has 2 saturated heterocycles. The van der Waals surface area contributed by atoms with Crippen LogP contribution < -0.4 is 9.80 Å². The molecule has 0 bridgehead atoms. The summed E-state index contributed by atoms with van der Waals surface area (Å²) >= 11 is 1.65. The van der Waals surface area contributed by atoms with E-state index in [2.05, 4.69) is 87.0 Å². The summed E-state index contributed by atoms with van der Waals surface area (Å²) in [6.45, 7) is 9.28. The summed E-state index contributed by atoms with van der Waals surface area (Å²) in [5.41, 5.74) is 3.78. The van der Waals surface area contributed by atoms with Crippen LogP contribution in [0.4, 0.5) is 11.5 Å². The van der Waals surface area contributed by atoms with Crippen molar-refractivity contribution in [2.75, 3.05) is 49.1 Å². The second-order valence-electron chi connectivity index (χ2n) is 9.51. The quantitative estimate of drug-likeness (QED) is 0.515. The van der Waals surface area contributed by atoms with Crippen molar-refractivity contribution in [1.82, 2.24) is 14.9 Å². The minimum Gasteiger partial charge on any atom is -0.368 e. The Bertz CT molecular complexity index is 1150. The molecule has 0 unspecified atom stereocenters. The van der Waals surface area contributed by atoms with Gasteiger partial charge in [0.2, 0.25) is 5.91 Å². The average molecular weight is 488 g/mol. The van der Waals surface area contributed by atoms with Crippen molar-refractivity contribution in [3.63, 3.8) is 0 Å². The minimum atomic E-state index is 0.0987. The smallest absolute Gasteiger partial charge is 0.225 e. The number of piperazine rings is 1. The SMILES string of the molecule is Cc1ccc(Sc2nccnc2N2CCC(C(=O)N3CCN(c4cccc(C)c4)CC3)CC2)cc1. The van der Waals surface area contributed by atoms with Crippen LogP contribution in [0.1, 0.15) is 24.0 Å². The standard InChI is InChI=1S/C28H33N5OS/c1-21-6-8-25(9-7-21)35-27-26(29-12-13-30-27)32-14-10-23(11-15-32)28(34)33-18-16-31(17-19-33)24-5-3-4-22(2)20-24/h3-9,12-13,20,23H,10-11,14-19H2,1-2H3. The molecule has 0 aliphatic carbocycles. The Balaban J connectivity index is 1.16. The summed E-state index contributed by atoms with van der Waals surface area (Å²) in [5, 5.41) is 0.924. The van der Waals surface area contributed by atoms with E-state index in [1.807, 2.05) is 0 Å². The third-order valence-corrected chi connectivity index (χ3v) is 7.97. The summed E-state index contributed by atoms with van der Waals surface area (Å²) < 4.78 is 0. The van der Waals surface area contributed by atoms with Gasteiger partial charge < -0.3 is 14.7 Å². The van der Waals surface area contributed by atoms with Crippen molar-refractivity contribution in [3.05, 3.63) is 72.1 Å². The summed E-state index contributed by atoms with van der Waals surface area (Å²) in [7, 11) is 0. The Hall–Kier alpha value is -3.06. The van der Waals surface area contributed by atoms with Crippen LogP contribution >= 0.6 is 11.8 Å². The number of aryl methyl sites for hydroxylation is 2. The van der Waals surface area contributed by atoms with E-state index in [0.29, 0.717) is 5.91 Å². The monoisotopic (exact) mass is 487 g/mol. The van der Waals surface area contributed by atoms with E-state index < -0.39 is 0 Å². The van der Waals surface area contributed by atoms with Crippen LogP contribution in [-0.2, 0) is 4.79 Å². The van der Waals surface area contributed by atoms with Crippen molar-refractivity contribution in [1.29, 1.82) is 0 Å². The third-order valence-electron chi connectivity index (χ3n) is 6.98. The van der Waals surface area contributed by atoms with Crippen molar-refractivity contribution in [2.45, 2.75) is 36.6 Å². The van der Waals surface area contributed by atoms with Crippen LogP contribution in [0.5, 0.6) is 0 Å². The van der Waals surface area contributed by atoms with E-state index in [4.69, 9.17) is 0 Å². The van der Waals surface area contributed by atoms with E-state index >= 15 is 0 Å². The molecule has 1 amide bonds. The fourth-order valence-electron chi connectivity index (χ4n) is 4.93. The largest absolute Gasteiger partial charge is 0.368 e. The van der Waals surface area contributed by atoms with Gasteiger partial charge >= 0.3 is 0 Å². The number of amides is 1. The lowest BCUT2D eigenvalue weighted by Gasteiger charge is -2.39. The summed E-state index contributed by atoms with van der Waals surface area (Å²) in [6, 6.07) is 17.1. The molecular weight excluding hydrogens is 454 g/mol. The maximum Gasteiger partial charge on any atom is 0.225 e. The zero-order chi connectivity index (χ0) is 24.2. The number of hydrogen-bond donors (Lipinski definition) is 0. The molecule has 6 nitrogen and oxygen atoms in total. The van der Waals surface area contributed by atoms with Gasteiger partial charge in [0, 0.05) is 68.2 Å². The van der Waals surface area contributed by atoms with Crippen LogP contribution in [0, 0.1) is 19.8 Å². The van der Waals surface area contributed by atoms with Gasteiger partial charge in [-0.2, -0.15) is 0 Å². The van der Waals surface area contributed by atoms with Gasteiger partial charge in [0.1, 0.15) is 5.03 Å². The first-order valence-corrected chi connectivity index (χ1v) is 13.3. The molecular formula is C28H33N5OS. The first-order valence-electron chi connectivity index (χ1n) is 12.5. The summed E-state index contributed by atoms with van der Waals surface area (Å²) in [4.78, 5) is 30.5. The number of piperidine rings is 1. The zero-order valence-corrected chi connectivity index (χ0v) is 21.4. The zero-order valence-electron chi connectivity index (χ0n) is 20.6. The average Bonchev–Trinajstić information content (AvgIpc) is 2.90. The highest BCUT2D eigenvalue weighted by Gasteiger charge is 2.31. The van der Waals surface area contributed by atoms with E-state index in [9.17, 15) is 4.79 Å². The first-order chi connectivity index (χ1) is 17.1. The van der Waals surface area contributed by atoms with Crippen LogP contribution in [0.2, 0.25) is 0 Å². The Kier molecular flexibility index (Phi) is 7.23. The lowest BCUT2D eigenvalue weighted by molar-refractivity contribution is -0.136. The second-order valence-corrected chi connectivity index (χ2v) is 10.6. The van der Waals surface area contributed by atoms with Crippen LogP contribution in [-0.4, -0.2) is 60.0 Å². The van der Waals surface area contributed by atoms with Crippen LogP contribution in [0.3, 0.4) is 0 Å². The van der Waals surface area contributed by atoms with Gasteiger partial charge in [-0.3, -0.25) is 4.79 Å². The molecule has 35 heavy (non-hydrogen) atoms. The van der Waals surface area contributed by atoms with Crippen molar-refractivity contribution < 1.29 is 4.79 Å². The number of hydrogen-bond acceptors (Lipinski definition) is 6. The molecule has 5 rings (SSSR count). The Morgan fingerprint density at radius 1 is 0.829 bits per heavy atom. The maximum absolute atomic E-state index is 13.3. The fourth-order valence-corrected chi connectivity index (χ4v) is 5.81. The van der Waals surface area contributed by atoms with Gasteiger partial charge in [-0.1, -0.05) is 41.6 Å². The van der Waals surface area contributed by atoms with Gasteiger partial charge in [0.25, 0.3) is 0 Å². The van der Waals surface area contributed by atoms with Crippen LogP contribution in [0.15, 0.2) is 70.8 Å². The lowest BCUT2D eigenvalue weighted by Crippen LogP contribution is -2.51. The van der Waals surface area contributed by atoms with E-state index in [1.54, 1.807) is 24.2 Å². The summed E-state index contributed by atoms with van der Waals surface area (Å²) in [5.74, 6) is 1.35. The lowest BCUT2D eigenvalue weighted by atomic mass is 9.95. The molecule has 182 valence electrons. The van der Waals surface area contributed by atoms with Crippen molar-refractivity contribution in [3.8, 4) is 0 Å². The van der Waals surface area contributed by atoms with Gasteiger partial charge in [0.15, 0.2) is 5.82 Å². The minimum absolute atomic E-state index is 0.0987. The van der Waals surface area contributed by atoms with E-state index in [1.165, 1.54) is 16.8 Å². The highest BCUT2D eigenvalue weighted by Crippen LogP contribution is 2.34. The Morgan fingerprint density at radius 2 is 1.54 bits per heavy atom. The molecule has 1 aromatic heterocycles. The van der Waals surface area contributed by atoms with E-state index in [0.717, 1.165) is 67.8 Å². The summed E-state index contributed by atoms with van der Waals surface area (Å²) in [6.07, 6.45) is 5.25. The van der Waals surface area contributed by atoms with Gasteiger partial charge in [-0.05, 0) is 56.5 Å². The molecule has 2 aliphatic heterocycles. The predicted molar refractivity (Wildman–Crippen MR) is 142 cm³/mol. The molecule has 2 aliphatic rings. The maximum atomic E-state index is 13.3.